The van der Waals surface area contributed by atoms with E-state index in [0.717, 1.165) is 10.3 Å². The van der Waals surface area contributed by atoms with Crippen LogP contribution < -0.4 is 0 Å². The SMILES string of the molecule is Cn1ccc(Cn2cc(C(=O)O)cc2Br)n1. The van der Waals surface area contributed by atoms with Gasteiger partial charge < -0.3 is 9.67 Å². The average Bonchev–Trinajstić information content (AvgIpc) is 2.75. The minimum absolute atomic E-state index is 0.266. The molecule has 0 saturated heterocycles. The van der Waals surface area contributed by atoms with Gasteiger partial charge in [0.25, 0.3) is 0 Å². The summed E-state index contributed by atoms with van der Waals surface area (Å²) < 4.78 is 4.24. The van der Waals surface area contributed by atoms with Gasteiger partial charge in [0.2, 0.25) is 0 Å². The van der Waals surface area contributed by atoms with Crippen LogP contribution in [0.5, 0.6) is 0 Å². The van der Waals surface area contributed by atoms with Crippen molar-refractivity contribution in [3.8, 4) is 0 Å². The van der Waals surface area contributed by atoms with Gasteiger partial charge in [-0.15, -0.1) is 0 Å². The Kier molecular flexibility index (Phi) is 2.82. The second kappa shape index (κ2) is 4.13. The van der Waals surface area contributed by atoms with Crippen molar-refractivity contribution < 1.29 is 9.90 Å². The molecule has 0 saturated carbocycles. The van der Waals surface area contributed by atoms with Gasteiger partial charge in [0.15, 0.2) is 0 Å². The molecule has 0 aliphatic rings. The maximum absolute atomic E-state index is 10.8. The van der Waals surface area contributed by atoms with E-state index < -0.39 is 5.97 Å². The fourth-order valence-corrected chi connectivity index (χ4v) is 1.91. The number of carbonyl (C=O) groups is 1. The predicted octanol–water partition coefficient (Wildman–Crippen LogP) is 1.73. The van der Waals surface area contributed by atoms with Crippen molar-refractivity contribution in [3.63, 3.8) is 0 Å². The summed E-state index contributed by atoms with van der Waals surface area (Å²) in [4.78, 5) is 10.8. The number of aromatic carboxylic acids is 1. The number of aromatic nitrogens is 3. The first-order valence-corrected chi connectivity index (χ1v) is 5.43. The van der Waals surface area contributed by atoms with Gasteiger partial charge >= 0.3 is 5.97 Å². The van der Waals surface area contributed by atoms with Crippen molar-refractivity contribution >= 4 is 21.9 Å². The summed E-state index contributed by atoms with van der Waals surface area (Å²) in [5, 5.41) is 13.1. The number of nitrogens with zero attached hydrogens (tertiary/aromatic N) is 3. The van der Waals surface area contributed by atoms with Gasteiger partial charge in [-0.3, -0.25) is 4.68 Å². The zero-order valence-electron chi connectivity index (χ0n) is 8.59. The van der Waals surface area contributed by atoms with Gasteiger partial charge in [-0.25, -0.2) is 4.79 Å². The highest BCUT2D eigenvalue weighted by molar-refractivity contribution is 9.10. The molecule has 0 bridgehead atoms. The fourth-order valence-electron chi connectivity index (χ4n) is 1.44. The minimum atomic E-state index is -0.930. The molecule has 2 rings (SSSR count). The largest absolute Gasteiger partial charge is 0.478 e. The Morgan fingerprint density at radius 1 is 1.62 bits per heavy atom. The molecule has 84 valence electrons. The van der Waals surface area contributed by atoms with E-state index >= 15 is 0 Å². The Hall–Kier alpha value is -1.56. The van der Waals surface area contributed by atoms with Crippen LogP contribution in [0.2, 0.25) is 0 Å². The monoisotopic (exact) mass is 283 g/mol. The van der Waals surface area contributed by atoms with Crippen LogP contribution in [0.1, 0.15) is 16.1 Å². The number of halogens is 1. The van der Waals surface area contributed by atoms with Crippen LogP contribution in [0, 0.1) is 0 Å². The van der Waals surface area contributed by atoms with Crippen molar-refractivity contribution in [1.29, 1.82) is 0 Å². The molecular weight excluding hydrogens is 274 g/mol. The molecule has 0 unspecified atom stereocenters. The summed E-state index contributed by atoms with van der Waals surface area (Å²) in [6.45, 7) is 0.550. The summed E-state index contributed by atoms with van der Waals surface area (Å²) in [6.07, 6.45) is 3.44. The molecule has 0 radical (unpaired) electrons. The van der Waals surface area contributed by atoms with E-state index in [-0.39, 0.29) is 5.56 Å². The molecule has 0 aromatic carbocycles. The van der Waals surface area contributed by atoms with E-state index in [1.165, 1.54) is 0 Å². The normalized spacial score (nSPS) is 10.6. The highest BCUT2D eigenvalue weighted by Gasteiger charge is 2.10. The van der Waals surface area contributed by atoms with E-state index in [4.69, 9.17) is 5.11 Å². The third-order valence-electron chi connectivity index (χ3n) is 2.19. The third-order valence-corrected chi connectivity index (χ3v) is 2.88. The van der Waals surface area contributed by atoms with Crippen LogP contribution in [0.25, 0.3) is 0 Å². The number of carboxylic acid groups (broad SMARTS) is 1. The molecule has 5 nitrogen and oxygen atoms in total. The van der Waals surface area contributed by atoms with Gasteiger partial charge in [-0.2, -0.15) is 5.10 Å². The number of carboxylic acids is 1. The lowest BCUT2D eigenvalue weighted by atomic mass is 10.3. The van der Waals surface area contributed by atoms with Crippen LogP contribution in [0.4, 0.5) is 0 Å². The summed E-state index contributed by atoms with van der Waals surface area (Å²) in [5.74, 6) is -0.930. The van der Waals surface area contributed by atoms with Crippen LogP contribution in [-0.4, -0.2) is 25.4 Å². The zero-order valence-corrected chi connectivity index (χ0v) is 10.2. The molecule has 0 spiro atoms. The first-order chi connectivity index (χ1) is 7.56. The van der Waals surface area contributed by atoms with E-state index in [1.54, 1.807) is 21.5 Å². The fraction of sp³-hybridized carbons (Fsp3) is 0.200. The standard InChI is InChI=1S/C10H10BrN3O2/c1-13-3-2-8(12-13)6-14-5-7(10(15)16)4-9(14)11/h2-5H,6H2,1H3,(H,15,16). The Morgan fingerprint density at radius 2 is 2.38 bits per heavy atom. The highest BCUT2D eigenvalue weighted by Crippen LogP contribution is 2.16. The minimum Gasteiger partial charge on any atom is -0.478 e. The van der Waals surface area contributed by atoms with Crippen molar-refractivity contribution in [1.82, 2.24) is 14.3 Å². The Labute approximate surface area is 100 Å². The maximum atomic E-state index is 10.8. The molecule has 2 aromatic heterocycles. The van der Waals surface area contributed by atoms with Crippen molar-refractivity contribution in [3.05, 3.63) is 40.4 Å². The average molecular weight is 284 g/mol. The predicted molar refractivity (Wildman–Crippen MR) is 61.4 cm³/mol. The maximum Gasteiger partial charge on any atom is 0.337 e. The summed E-state index contributed by atoms with van der Waals surface area (Å²) in [6, 6.07) is 3.47. The lowest BCUT2D eigenvalue weighted by Crippen LogP contribution is -2.01. The van der Waals surface area contributed by atoms with Crippen LogP contribution in [-0.2, 0) is 13.6 Å². The second-order valence-corrected chi connectivity index (χ2v) is 4.28. The number of hydrogen-bond acceptors (Lipinski definition) is 2. The van der Waals surface area contributed by atoms with E-state index in [0.29, 0.717) is 6.54 Å². The molecule has 0 fully saturated rings. The Balaban J connectivity index is 2.24. The number of rotatable bonds is 3. The lowest BCUT2D eigenvalue weighted by molar-refractivity contribution is 0.0697. The molecule has 2 heterocycles. The van der Waals surface area contributed by atoms with Crippen LogP contribution >= 0.6 is 15.9 Å². The summed E-state index contributed by atoms with van der Waals surface area (Å²) in [5.41, 5.74) is 1.15. The van der Waals surface area contributed by atoms with Gasteiger partial charge in [-0.05, 0) is 28.1 Å². The smallest absolute Gasteiger partial charge is 0.337 e. The van der Waals surface area contributed by atoms with Crippen LogP contribution in [0.3, 0.4) is 0 Å². The molecule has 0 aliphatic carbocycles. The van der Waals surface area contributed by atoms with Gasteiger partial charge in [0.1, 0.15) is 0 Å². The lowest BCUT2D eigenvalue weighted by Gasteiger charge is -2.01. The van der Waals surface area contributed by atoms with Gasteiger partial charge in [0.05, 0.1) is 22.4 Å². The summed E-state index contributed by atoms with van der Waals surface area (Å²) in [7, 11) is 1.84. The topological polar surface area (TPSA) is 60.0 Å². The third kappa shape index (κ3) is 2.16. The number of aryl methyl sites for hydroxylation is 1. The van der Waals surface area contributed by atoms with Crippen molar-refractivity contribution in [2.24, 2.45) is 7.05 Å². The van der Waals surface area contributed by atoms with Crippen molar-refractivity contribution in [2.45, 2.75) is 6.54 Å². The second-order valence-electron chi connectivity index (χ2n) is 3.47. The van der Waals surface area contributed by atoms with Crippen molar-refractivity contribution in [2.75, 3.05) is 0 Å². The first-order valence-electron chi connectivity index (χ1n) is 4.64. The van der Waals surface area contributed by atoms with Crippen LogP contribution in [0.15, 0.2) is 29.1 Å². The van der Waals surface area contributed by atoms with Gasteiger partial charge in [-0.1, -0.05) is 0 Å². The molecule has 0 aliphatic heterocycles. The molecule has 16 heavy (non-hydrogen) atoms. The number of hydrogen-bond donors (Lipinski definition) is 1. The Bertz CT molecular complexity index is 530. The van der Waals surface area contributed by atoms with E-state index in [2.05, 4.69) is 21.0 Å². The molecule has 0 atom stereocenters. The molecule has 1 N–H and O–H groups in total. The molecule has 0 amide bonds. The van der Waals surface area contributed by atoms with E-state index in [9.17, 15) is 4.79 Å². The van der Waals surface area contributed by atoms with Gasteiger partial charge in [0, 0.05) is 19.4 Å². The Morgan fingerprint density at radius 3 is 2.88 bits per heavy atom. The molecule has 2 aromatic rings. The first kappa shape index (κ1) is 10.9. The molecular formula is C10H10BrN3O2. The summed E-state index contributed by atoms with van der Waals surface area (Å²) >= 11 is 3.31. The quantitative estimate of drug-likeness (QED) is 0.933. The molecule has 6 heteroatoms. The zero-order chi connectivity index (χ0) is 11.7. The van der Waals surface area contributed by atoms with E-state index in [1.807, 2.05) is 19.3 Å². The highest BCUT2D eigenvalue weighted by atomic mass is 79.9.